The number of hydrogen-bond donors (Lipinski definition) is 2. The summed E-state index contributed by atoms with van der Waals surface area (Å²) in [4.78, 5) is 4.89. The van der Waals surface area contributed by atoms with E-state index >= 15 is 0 Å². The van der Waals surface area contributed by atoms with E-state index in [9.17, 15) is 0 Å². The van der Waals surface area contributed by atoms with Crippen LogP contribution in [0, 0.1) is 0 Å². The van der Waals surface area contributed by atoms with E-state index in [4.69, 9.17) is 23.8 Å². The van der Waals surface area contributed by atoms with Crippen LogP contribution in [0.15, 0.2) is 41.8 Å². The Labute approximate surface area is 146 Å². The van der Waals surface area contributed by atoms with Crippen molar-refractivity contribution < 1.29 is 4.90 Å². The Morgan fingerprint density at radius 1 is 1.27 bits per heavy atom. The first-order chi connectivity index (χ1) is 10.6. The van der Waals surface area contributed by atoms with E-state index in [0.717, 1.165) is 25.3 Å². The average Bonchev–Trinajstić information content (AvgIpc) is 2.98. The highest BCUT2D eigenvalue weighted by molar-refractivity contribution is 7.80. The number of thiophene rings is 1. The molecule has 1 aromatic carbocycles. The minimum atomic E-state index is 0.680. The molecule has 0 aliphatic carbocycles. The fourth-order valence-electron chi connectivity index (χ4n) is 1.96. The van der Waals surface area contributed by atoms with Crippen molar-refractivity contribution in [3.05, 3.63) is 51.7 Å². The molecule has 0 aliphatic heterocycles. The zero-order valence-corrected chi connectivity index (χ0v) is 15.2. The summed E-state index contributed by atoms with van der Waals surface area (Å²) in [5.41, 5.74) is 0.850. The highest BCUT2D eigenvalue weighted by Gasteiger charge is 2.13. The number of rotatable bonds is 6. The highest BCUT2D eigenvalue weighted by atomic mass is 35.5. The van der Waals surface area contributed by atoms with Crippen molar-refractivity contribution in [2.75, 3.05) is 32.5 Å². The summed E-state index contributed by atoms with van der Waals surface area (Å²) in [6.07, 6.45) is 0. The third kappa shape index (κ3) is 5.25. The maximum absolute atomic E-state index is 6.20. The van der Waals surface area contributed by atoms with Crippen molar-refractivity contribution in [2.24, 2.45) is 0 Å². The van der Waals surface area contributed by atoms with Crippen molar-refractivity contribution in [2.45, 2.75) is 6.54 Å². The summed E-state index contributed by atoms with van der Waals surface area (Å²) < 4.78 is 0. The molecule has 0 unspecified atom stereocenters. The molecule has 2 rings (SSSR count). The summed E-state index contributed by atoms with van der Waals surface area (Å²) in [6.45, 7) is 2.74. The predicted molar refractivity (Wildman–Crippen MR) is 100 cm³/mol. The lowest BCUT2D eigenvalue weighted by Gasteiger charge is -2.26. The number of para-hydroxylation sites is 1. The maximum Gasteiger partial charge on any atom is 0.173 e. The zero-order chi connectivity index (χ0) is 15.9. The molecular weight excluding hydrogens is 334 g/mol. The van der Waals surface area contributed by atoms with Gasteiger partial charge in [0.2, 0.25) is 0 Å². The minimum absolute atomic E-state index is 0.680. The molecule has 0 amide bonds. The van der Waals surface area contributed by atoms with Gasteiger partial charge in [-0.15, -0.1) is 11.3 Å². The van der Waals surface area contributed by atoms with Gasteiger partial charge in [0.1, 0.15) is 0 Å². The number of nitrogens with one attached hydrogen (secondary N) is 2. The molecule has 1 aromatic heterocycles. The van der Waals surface area contributed by atoms with Gasteiger partial charge in [-0.25, -0.2) is 0 Å². The smallest absolute Gasteiger partial charge is 0.173 e. The predicted octanol–water partition coefficient (Wildman–Crippen LogP) is 2.75. The van der Waals surface area contributed by atoms with Crippen LogP contribution in [-0.4, -0.2) is 37.2 Å². The lowest BCUT2D eigenvalue weighted by molar-refractivity contribution is -0.857. The maximum atomic E-state index is 6.20. The van der Waals surface area contributed by atoms with E-state index in [1.54, 1.807) is 11.3 Å². The van der Waals surface area contributed by atoms with Crippen molar-refractivity contribution in [1.82, 2.24) is 4.90 Å². The Morgan fingerprint density at radius 3 is 2.68 bits per heavy atom. The Hall–Kier alpha value is -1.14. The Morgan fingerprint density at radius 2 is 2.05 bits per heavy atom. The first-order valence-electron chi connectivity index (χ1n) is 7.18. The molecule has 0 radical (unpaired) electrons. The van der Waals surface area contributed by atoms with E-state index in [-0.39, 0.29) is 0 Å². The van der Waals surface area contributed by atoms with Crippen molar-refractivity contribution >= 4 is 46.0 Å². The highest BCUT2D eigenvalue weighted by Crippen LogP contribution is 2.21. The van der Waals surface area contributed by atoms with Gasteiger partial charge in [0.05, 0.1) is 44.4 Å². The fraction of sp³-hybridized carbons (Fsp3) is 0.312. The molecule has 0 bridgehead atoms. The van der Waals surface area contributed by atoms with Crippen LogP contribution >= 0.6 is 35.2 Å². The number of nitrogens with zero attached hydrogens (tertiary/aromatic N) is 1. The van der Waals surface area contributed by atoms with E-state index in [1.807, 2.05) is 24.3 Å². The number of hydrogen-bond acceptors (Lipinski definition) is 2. The summed E-state index contributed by atoms with van der Waals surface area (Å²) in [5.74, 6) is 0. The molecule has 22 heavy (non-hydrogen) atoms. The molecule has 0 fully saturated rings. The molecule has 0 saturated carbocycles. The number of benzene rings is 1. The van der Waals surface area contributed by atoms with Gasteiger partial charge < -0.3 is 15.1 Å². The molecule has 118 valence electrons. The van der Waals surface area contributed by atoms with Gasteiger partial charge in [-0.3, -0.25) is 0 Å². The van der Waals surface area contributed by atoms with Gasteiger partial charge >= 0.3 is 0 Å². The number of anilines is 1. The standard InChI is InChI=1S/C16H20ClN3S2/c1-19(2)9-10-20(12-13-6-5-11-22-13)16(21)18-15-8-4-3-7-14(15)17/h3-8,11H,9-10,12H2,1-2H3,(H,18,21)/p+1. The molecule has 2 aromatic rings. The van der Waals surface area contributed by atoms with Crippen LogP contribution in [0.25, 0.3) is 0 Å². The number of likely N-dealkylation sites (N-methyl/N-ethyl adjacent to an activating group) is 1. The van der Waals surface area contributed by atoms with E-state index in [0.29, 0.717) is 10.1 Å². The summed E-state index contributed by atoms with van der Waals surface area (Å²) in [7, 11) is 4.29. The second-order valence-electron chi connectivity index (χ2n) is 5.37. The second kappa shape index (κ2) is 8.48. The Kier molecular flexibility index (Phi) is 6.64. The second-order valence-corrected chi connectivity index (χ2v) is 7.19. The number of halogens is 1. The molecule has 1 heterocycles. The van der Waals surface area contributed by atoms with E-state index in [1.165, 1.54) is 9.78 Å². The first kappa shape index (κ1) is 17.2. The summed E-state index contributed by atoms with van der Waals surface area (Å²) in [5, 5.41) is 6.75. The topological polar surface area (TPSA) is 19.7 Å². The third-order valence-electron chi connectivity index (χ3n) is 3.21. The average molecular weight is 355 g/mol. The zero-order valence-electron chi connectivity index (χ0n) is 12.8. The largest absolute Gasteiger partial charge is 0.338 e. The molecule has 0 atom stereocenters. The Balaban J connectivity index is 2.06. The molecular formula is C16H21ClN3S2+. The third-order valence-corrected chi connectivity index (χ3v) is 4.76. The van der Waals surface area contributed by atoms with Crippen LogP contribution in [0.5, 0.6) is 0 Å². The van der Waals surface area contributed by atoms with Gasteiger partial charge in [-0.05, 0) is 35.8 Å². The van der Waals surface area contributed by atoms with Gasteiger partial charge in [0.25, 0.3) is 0 Å². The molecule has 0 saturated heterocycles. The van der Waals surface area contributed by atoms with Crippen LogP contribution in [-0.2, 0) is 6.54 Å². The van der Waals surface area contributed by atoms with Crippen molar-refractivity contribution in [3.8, 4) is 0 Å². The van der Waals surface area contributed by atoms with Gasteiger partial charge in [-0.2, -0.15) is 0 Å². The normalized spacial score (nSPS) is 10.7. The van der Waals surface area contributed by atoms with E-state index < -0.39 is 0 Å². The molecule has 2 N–H and O–H groups in total. The van der Waals surface area contributed by atoms with Crippen LogP contribution in [0.2, 0.25) is 5.02 Å². The van der Waals surface area contributed by atoms with Crippen LogP contribution in [0.1, 0.15) is 4.88 Å². The first-order valence-corrected chi connectivity index (χ1v) is 8.84. The molecule has 0 aliphatic rings. The van der Waals surface area contributed by atoms with Crippen molar-refractivity contribution in [1.29, 1.82) is 0 Å². The van der Waals surface area contributed by atoms with Crippen LogP contribution < -0.4 is 10.2 Å². The fourth-order valence-corrected chi connectivity index (χ4v) is 3.13. The van der Waals surface area contributed by atoms with Gasteiger partial charge in [0.15, 0.2) is 5.11 Å². The number of thiocarbonyl (C=S) groups is 1. The Bertz CT molecular complexity index is 599. The van der Waals surface area contributed by atoms with Crippen LogP contribution in [0.4, 0.5) is 5.69 Å². The molecule has 0 spiro atoms. The monoisotopic (exact) mass is 354 g/mol. The number of quaternary nitrogens is 1. The molecule has 3 nitrogen and oxygen atoms in total. The lowest BCUT2D eigenvalue weighted by Crippen LogP contribution is -3.06. The minimum Gasteiger partial charge on any atom is -0.338 e. The quantitative estimate of drug-likeness (QED) is 0.778. The van der Waals surface area contributed by atoms with Crippen molar-refractivity contribution in [3.63, 3.8) is 0 Å². The summed E-state index contributed by atoms with van der Waals surface area (Å²) in [6, 6.07) is 11.9. The van der Waals surface area contributed by atoms with Gasteiger partial charge in [-0.1, -0.05) is 29.8 Å². The SMILES string of the molecule is C[NH+](C)CCN(Cc1cccs1)C(=S)Nc1ccccc1Cl. The molecule has 6 heteroatoms. The van der Waals surface area contributed by atoms with E-state index in [2.05, 4.69) is 41.8 Å². The lowest BCUT2D eigenvalue weighted by atomic mass is 10.3. The van der Waals surface area contributed by atoms with Gasteiger partial charge in [0, 0.05) is 4.88 Å². The summed E-state index contributed by atoms with van der Waals surface area (Å²) >= 11 is 13.5. The van der Waals surface area contributed by atoms with Crippen LogP contribution in [0.3, 0.4) is 0 Å².